The van der Waals surface area contributed by atoms with E-state index in [1.54, 1.807) is 26.4 Å². The fraction of sp³-hybridized carbons (Fsp3) is 0.190. The Balaban J connectivity index is 1.47. The minimum absolute atomic E-state index is 0.412. The molecule has 0 fully saturated rings. The third-order valence-electron chi connectivity index (χ3n) is 4.28. The highest BCUT2D eigenvalue weighted by Crippen LogP contribution is 2.33. The number of nitrogens with zero attached hydrogens (tertiary/aromatic N) is 3. The molecule has 0 aliphatic carbocycles. The molecule has 8 heteroatoms. The van der Waals surface area contributed by atoms with Crippen molar-refractivity contribution in [2.45, 2.75) is 17.9 Å². The van der Waals surface area contributed by atoms with Gasteiger partial charge in [0, 0.05) is 16.9 Å². The van der Waals surface area contributed by atoms with E-state index >= 15 is 0 Å². The summed E-state index contributed by atoms with van der Waals surface area (Å²) in [5.74, 6) is 3.60. The molecule has 0 N–H and O–H groups in total. The van der Waals surface area contributed by atoms with Gasteiger partial charge in [-0.15, -0.1) is 10.2 Å². The molecule has 2 heterocycles. The topological polar surface area (TPSA) is 83.4 Å². The lowest BCUT2D eigenvalue weighted by Crippen LogP contribution is -1.90. The first-order valence-electron chi connectivity index (χ1n) is 8.88. The second-order valence-corrected chi connectivity index (χ2v) is 7.05. The Morgan fingerprint density at radius 1 is 0.862 bits per heavy atom. The highest BCUT2D eigenvalue weighted by Gasteiger charge is 2.15. The van der Waals surface area contributed by atoms with E-state index in [0.29, 0.717) is 34.3 Å². The Hall–Kier alpha value is -3.26. The Labute approximate surface area is 172 Å². The fourth-order valence-corrected chi connectivity index (χ4v) is 3.51. The number of aryl methyl sites for hydroxylation is 1. The molecular weight excluding hydrogens is 390 g/mol. The molecule has 0 aliphatic heterocycles. The van der Waals surface area contributed by atoms with Crippen LogP contribution in [0, 0.1) is 6.92 Å². The first kappa shape index (κ1) is 19.1. The van der Waals surface area contributed by atoms with Gasteiger partial charge in [-0.2, -0.15) is 0 Å². The highest BCUT2D eigenvalue weighted by atomic mass is 32.2. The number of ether oxygens (including phenoxy) is 2. The van der Waals surface area contributed by atoms with E-state index < -0.39 is 0 Å². The van der Waals surface area contributed by atoms with Crippen LogP contribution in [0.3, 0.4) is 0 Å². The lowest BCUT2D eigenvalue weighted by molar-refractivity contribution is 0.355. The maximum atomic E-state index is 5.79. The Morgan fingerprint density at radius 3 is 2.41 bits per heavy atom. The van der Waals surface area contributed by atoms with E-state index in [0.717, 1.165) is 22.6 Å². The number of rotatable bonds is 7. The van der Waals surface area contributed by atoms with Crippen LogP contribution in [-0.4, -0.2) is 29.4 Å². The van der Waals surface area contributed by atoms with E-state index in [1.807, 2.05) is 43.3 Å². The molecule has 2 aromatic heterocycles. The Morgan fingerprint density at radius 2 is 1.66 bits per heavy atom. The van der Waals surface area contributed by atoms with Crippen LogP contribution in [0.2, 0.25) is 0 Å². The Bertz CT molecular complexity index is 1110. The van der Waals surface area contributed by atoms with Crippen molar-refractivity contribution in [1.29, 1.82) is 0 Å². The molecule has 0 spiro atoms. The average molecular weight is 409 g/mol. The second-order valence-electron chi connectivity index (χ2n) is 6.12. The van der Waals surface area contributed by atoms with Crippen molar-refractivity contribution >= 4 is 11.8 Å². The predicted octanol–water partition coefficient (Wildman–Crippen LogP) is 5.01. The van der Waals surface area contributed by atoms with Gasteiger partial charge in [0.2, 0.25) is 11.8 Å². The molecule has 0 saturated heterocycles. The normalized spacial score (nSPS) is 10.9. The summed E-state index contributed by atoms with van der Waals surface area (Å²) in [6.07, 6.45) is 0. The summed E-state index contributed by atoms with van der Waals surface area (Å²) in [4.78, 5) is 4.59. The standard InChI is InChI=1S/C21H19N3O4S/c1-13-16(22-19(27-13)14-7-5-4-6-8-14)12-29-21-24-23-20(28-21)15-9-10-17(25-2)18(11-15)26-3/h4-11H,12H2,1-3H3. The molecule has 2 aromatic carbocycles. The zero-order valence-electron chi connectivity index (χ0n) is 16.2. The molecule has 0 saturated carbocycles. The van der Waals surface area contributed by atoms with Crippen molar-refractivity contribution in [3.63, 3.8) is 0 Å². The van der Waals surface area contributed by atoms with Crippen LogP contribution in [0.4, 0.5) is 0 Å². The zero-order valence-corrected chi connectivity index (χ0v) is 17.0. The summed E-state index contributed by atoms with van der Waals surface area (Å²) in [6.45, 7) is 1.90. The molecule has 0 radical (unpaired) electrons. The molecule has 148 valence electrons. The van der Waals surface area contributed by atoms with Gasteiger partial charge in [-0.25, -0.2) is 4.98 Å². The second kappa shape index (κ2) is 8.40. The van der Waals surface area contributed by atoms with Crippen LogP contribution in [0.25, 0.3) is 22.9 Å². The number of methoxy groups -OCH3 is 2. The maximum absolute atomic E-state index is 5.79. The largest absolute Gasteiger partial charge is 0.493 e. The molecule has 7 nitrogen and oxygen atoms in total. The van der Waals surface area contributed by atoms with Crippen LogP contribution in [0.5, 0.6) is 11.5 Å². The van der Waals surface area contributed by atoms with E-state index in [4.69, 9.17) is 18.3 Å². The van der Waals surface area contributed by atoms with Gasteiger partial charge in [0.05, 0.1) is 19.9 Å². The van der Waals surface area contributed by atoms with E-state index in [1.165, 1.54) is 11.8 Å². The molecule has 0 atom stereocenters. The summed E-state index contributed by atoms with van der Waals surface area (Å²) in [7, 11) is 3.18. The fourth-order valence-electron chi connectivity index (χ4n) is 2.75. The van der Waals surface area contributed by atoms with Gasteiger partial charge in [-0.3, -0.25) is 0 Å². The number of hydrogen-bond donors (Lipinski definition) is 0. The van der Waals surface area contributed by atoms with Crippen molar-refractivity contribution in [3.05, 3.63) is 60.0 Å². The van der Waals surface area contributed by atoms with Gasteiger partial charge in [-0.05, 0) is 37.3 Å². The number of aromatic nitrogens is 3. The van der Waals surface area contributed by atoms with Crippen molar-refractivity contribution in [3.8, 4) is 34.4 Å². The van der Waals surface area contributed by atoms with E-state index in [-0.39, 0.29) is 0 Å². The number of oxazole rings is 1. The van der Waals surface area contributed by atoms with Crippen molar-refractivity contribution in [1.82, 2.24) is 15.2 Å². The predicted molar refractivity (Wildman–Crippen MR) is 109 cm³/mol. The lowest BCUT2D eigenvalue weighted by atomic mass is 10.2. The smallest absolute Gasteiger partial charge is 0.277 e. The third kappa shape index (κ3) is 4.12. The summed E-state index contributed by atoms with van der Waals surface area (Å²) in [5.41, 5.74) is 2.55. The molecular formula is C21H19N3O4S. The molecule has 0 amide bonds. The van der Waals surface area contributed by atoms with Gasteiger partial charge in [-0.1, -0.05) is 30.0 Å². The molecule has 0 bridgehead atoms. The third-order valence-corrected chi connectivity index (χ3v) is 5.11. The van der Waals surface area contributed by atoms with Gasteiger partial charge >= 0.3 is 0 Å². The summed E-state index contributed by atoms with van der Waals surface area (Å²) < 4.78 is 22.2. The summed E-state index contributed by atoms with van der Waals surface area (Å²) in [6, 6.07) is 15.3. The summed E-state index contributed by atoms with van der Waals surface area (Å²) in [5, 5.41) is 8.70. The Kier molecular flexibility index (Phi) is 5.53. The van der Waals surface area contributed by atoms with Crippen LogP contribution < -0.4 is 9.47 Å². The molecule has 4 rings (SSSR count). The lowest BCUT2D eigenvalue weighted by Gasteiger charge is -2.07. The van der Waals surface area contributed by atoms with Crippen LogP contribution >= 0.6 is 11.8 Å². The monoisotopic (exact) mass is 409 g/mol. The number of hydrogen-bond acceptors (Lipinski definition) is 8. The molecule has 0 aliphatic rings. The maximum Gasteiger partial charge on any atom is 0.277 e. The minimum Gasteiger partial charge on any atom is -0.493 e. The number of thioether (sulfide) groups is 1. The van der Waals surface area contributed by atoms with E-state index in [2.05, 4.69) is 15.2 Å². The van der Waals surface area contributed by atoms with Crippen molar-refractivity contribution < 1.29 is 18.3 Å². The van der Waals surface area contributed by atoms with E-state index in [9.17, 15) is 0 Å². The SMILES string of the molecule is COc1ccc(-c2nnc(SCc3nc(-c4ccccc4)oc3C)o2)cc1OC. The zero-order chi connectivity index (χ0) is 20.2. The van der Waals surface area contributed by atoms with Crippen LogP contribution in [0.1, 0.15) is 11.5 Å². The van der Waals surface area contributed by atoms with Crippen molar-refractivity contribution in [2.75, 3.05) is 14.2 Å². The number of benzene rings is 2. The molecule has 0 unspecified atom stereocenters. The van der Waals surface area contributed by atoms with Gasteiger partial charge in [0.1, 0.15) is 5.76 Å². The average Bonchev–Trinajstić information content (AvgIpc) is 3.39. The first-order chi connectivity index (χ1) is 14.2. The summed E-state index contributed by atoms with van der Waals surface area (Å²) >= 11 is 1.41. The molecule has 4 aromatic rings. The minimum atomic E-state index is 0.412. The van der Waals surface area contributed by atoms with Gasteiger partial charge in [0.25, 0.3) is 5.22 Å². The van der Waals surface area contributed by atoms with Crippen LogP contribution in [-0.2, 0) is 5.75 Å². The quantitative estimate of drug-likeness (QED) is 0.394. The van der Waals surface area contributed by atoms with Crippen LogP contribution in [0.15, 0.2) is 62.6 Å². The van der Waals surface area contributed by atoms with Gasteiger partial charge in [0.15, 0.2) is 11.5 Å². The van der Waals surface area contributed by atoms with Gasteiger partial charge < -0.3 is 18.3 Å². The first-order valence-corrected chi connectivity index (χ1v) is 9.87. The van der Waals surface area contributed by atoms with Crippen molar-refractivity contribution in [2.24, 2.45) is 0 Å². The molecule has 29 heavy (non-hydrogen) atoms. The highest BCUT2D eigenvalue weighted by molar-refractivity contribution is 7.98.